The highest BCUT2D eigenvalue weighted by molar-refractivity contribution is 7.14. The minimum atomic E-state index is -0.497. The van der Waals surface area contributed by atoms with Crippen LogP contribution in [0.5, 0.6) is 0 Å². The van der Waals surface area contributed by atoms with Crippen molar-refractivity contribution in [2.75, 3.05) is 25.2 Å². The molecule has 0 saturated heterocycles. The summed E-state index contributed by atoms with van der Waals surface area (Å²) in [7, 11) is 1.60. The number of rotatable bonds is 8. The molecule has 1 N–H and O–H groups in total. The summed E-state index contributed by atoms with van der Waals surface area (Å²) in [6.45, 7) is 4.81. The number of nitrogens with one attached hydrogen (secondary N) is 1. The fourth-order valence-electron chi connectivity index (χ4n) is 2.90. The number of benzene rings is 2. The fraction of sp³-hybridized carbons (Fsp3) is 0.273. The first-order chi connectivity index (χ1) is 14.0. The molecule has 0 bridgehead atoms. The second kappa shape index (κ2) is 9.87. The number of amides is 1. The van der Waals surface area contributed by atoms with Crippen LogP contribution in [0.15, 0.2) is 53.9 Å². The predicted octanol–water partition coefficient (Wildman–Crippen LogP) is 5.06. The van der Waals surface area contributed by atoms with Crippen LogP contribution in [0.25, 0.3) is 11.3 Å². The van der Waals surface area contributed by atoms with Crippen molar-refractivity contribution in [2.24, 2.45) is 0 Å². The van der Waals surface area contributed by atoms with E-state index in [4.69, 9.17) is 21.3 Å². The number of ether oxygens (including phenoxy) is 1. The van der Waals surface area contributed by atoms with Crippen LogP contribution in [0.4, 0.5) is 10.8 Å². The summed E-state index contributed by atoms with van der Waals surface area (Å²) in [5, 5.41) is 6.17. The number of halogens is 1. The SMILES string of the molecule is COCCNC(=O)C(C)N(c1nc(-c2ccc(C)cc2)cs1)c1ccccc1Cl. The molecule has 1 heterocycles. The van der Waals surface area contributed by atoms with Crippen LogP contribution in [0.1, 0.15) is 12.5 Å². The minimum Gasteiger partial charge on any atom is -0.383 e. The molecule has 0 spiro atoms. The summed E-state index contributed by atoms with van der Waals surface area (Å²) < 4.78 is 5.02. The van der Waals surface area contributed by atoms with Crippen molar-refractivity contribution in [1.82, 2.24) is 10.3 Å². The standard InChI is InChI=1S/C22H24ClN3O2S/c1-15-8-10-17(11-9-15)19-14-29-22(25-19)26(20-7-5-4-6-18(20)23)16(2)21(27)24-12-13-28-3/h4-11,14,16H,12-13H2,1-3H3,(H,24,27). The van der Waals surface area contributed by atoms with Crippen LogP contribution in [0.2, 0.25) is 5.02 Å². The van der Waals surface area contributed by atoms with E-state index in [-0.39, 0.29) is 5.91 Å². The number of para-hydroxylation sites is 1. The number of anilines is 2. The third-order valence-electron chi connectivity index (χ3n) is 4.53. The Bertz CT molecular complexity index is 959. The van der Waals surface area contributed by atoms with Gasteiger partial charge >= 0.3 is 0 Å². The van der Waals surface area contributed by atoms with Gasteiger partial charge in [0.25, 0.3) is 0 Å². The van der Waals surface area contributed by atoms with Gasteiger partial charge in [0.15, 0.2) is 5.13 Å². The molecule has 1 amide bonds. The average Bonchev–Trinajstić information content (AvgIpc) is 3.20. The van der Waals surface area contributed by atoms with Gasteiger partial charge in [-0.2, -0.15) is 0 Å². The number of aryl methyl sites for hydroxylation is 1. The molecular weight excluding hydrogens is 406 g/mol. The highest BCUT2D eigenvalue weighted by Crippen LogP contribution is 2.37. The van der Waals surface area contributed by atoms with E-state index in [2.05, 4.69) is 36.5 Å². The van der Waals surface area contributed by atoms with Crippen LogP contribution in [0, 0.1) is 6.92 Å². The Morgan fingerprint density at radius 1 is 1.24 bits per heavy atom. The average molecular weight is 430 g/mol. The molecule has 0 radical (unpaired) electrons. The van der Waals surface area contributed by atoms with Gasteiger partial charge in [-0.15, -0.1) is 11.3 Å². The smallest absolute Gasteiger partial charge is 0.242 e. The van der Waals surface area contributed by atoms with Gasteiger partial charge in [0.05, 0.1) is 23.0 Å². The number of hydrogen-bond donors (Lipinski definition) is 1. The maximum atomic E-state index is 12.8. The zero-order chi connectivity index (χ0) is 20.8. The lowest BCUT2D eigenvalue weighted by molar-refractivity contribution is -0.122. The van der Waals surface area contributed by atoms with E-state index >= 15 is 0 Å². The van der Waals surface area contributed by atoms with Crippen LogP contribution in [-0.4, -0.2) is 37.2 Å². The van der Waals surface area contributed by atoms with Crippen molar-refractivity contribution in [2.45, 2.75) is 19.9 Å². The van der Waals surface area contributed by atoms with Gasteiger partial charge in [0.1, 0.15) is 6.04 Å². The Labute approximate surface area is 180 Å². The van der Waals surface area contributed by atoms with Gasteiger partial charge in [-0.1, -0.05) is 53.6 Å². The van der Waals surface area contributed by atoms with E-state index in [1.54, 1.807) is 7.11 Å². The molecule has 1 aromatic heterocycles. The molecule has 0 aliphatic carbocycles. The molecule has 7 heteroatoms. The monoisotopic (exact) mass is 429 g/mol. The summed E-state index contributed by atoms with van der Waals surface area (Å²) in [6, 6.07) is 15.2. The number of aromatic nitrogens is 1. The Balaban J connectivity index is 1.94. The first-order valence-corrected chi connectivity index (χ1v) is 10.6. The molecule has 5 nitrogen and oxygen atoms in total. The second-order valence-electron chi connectivity index (χ2n) is 6.66. The van der Waals surface area contributed by atoms with E-state index in [9.17, 15) is 4.79 Å². The van der Waals surface area contributed by atoms with Crippen LogP contribution < -0.4 is 10.2 Å². The van der Waals surface area contributed by atoms with Crippen LogP contribution >= 0.6 is 22.9 Å². The Kier molecular flexibility index (Phi) is 7.25. The minimum absolute atomic E-state index is 0.117. The third-order valence-corrected chi connectivity index (χ3v) is 5.69. The molecule has 3 rings (SSSR count). The van der Waals surface area contributed by atoms with Gasteiger partial charge in [-0.05, 0) is 26.0 Å². The van der Waals surface area contributed by atoms with Crippen molar-refractivity contribution in [3.8, 4) is 11.3 Å². The van der Waals surface area contributed by atoms with E-state index in [1.807, 2.05) is 41.5 Å². The number of nitrogens with zero attached hydrogens (tertiary/aromatic N) is 2. The number of thiazole rings is 1. The highest BCUT2D eigenvalue weighted by Gasteiger charge is 2.27. The molecule has 29 heavy (non-hydrogen) atoms. The van der Waals surface area contributed by atoms with Gasteiger partial charge in [-0.25, -0.2) is 4.98 Å². The highest BCUT2D eigenvalue weighted by atomic mass is 35.5. The van der Waals surface area contributed by atoms with Crippen molar-refractivity contribution in [3.05, 3.63) is 64.5 Å². The lowest BCUT2D eigenvalue weighted by atomic mass is 10.1. The molecular formula is C22H24ClN3O2S. The number of methoxy groups -OCH3 is 1. The fourth-order valence-corrected chi connectivity index (χ4v) is 4.05. The Morgan fingerprint density at radius 2 is 1.97 bits per heavy atom. The van der Waals surface area contributed by atoms with E-state index < -0.39 is 6.04 Å². The van der Waals surface area contributed by atoms with Gasteiger partial charge in [0, 0.05) is 24.6 Å². The lowest BCUT2D eigenvalue weighted by Gasteiger charge is -2.28. The van der Waals surface area contributed by atoms with Crippen LogP contribution in [0.3, 0.4) is 0 Å². The number of hydrogen-bond acceptors (Lipinski definition) is 5. The molecule has 1 atom stereocenters. The summed E-state index contributed by atoms with van der Waals surface area (Å²) in [5.41, 5.74) is 3.85. The topological polar surface area (TPSA) is 54.5 Å². The van der Waals surface area contributed by atoms with Crippen molar-refractivity contribution < 1.29 is 9.53 Å². The van der Waals surface area contributed by atoms with E-state index in [0.29, 0.717) is 23.3 Å². The maximum Gasteiger partial charge on any atom is 0.242 e. The summed E-state index contributed by atoms with van der Waals surface area (Å²) >= 11 is 7.95. The molecule has 0 saturated carbocycles. The zero-order valence-corrected chi connectivity index (χ0v) is 18.3. The van der Waals surface area contributed by atoms with Crippen molar-refractivity contribution in [3.63, 3.8) is 0 Å². The quantitative estimate of drug-likeness (QED) is 0.508. The molecule has 0 aliphatic heterocycles. The van der Waals surface area contributed by atoms with E-state index in [1.165, 1.54) is 16.9 Å². The summed E-state index contributed by atoms with van der Waals surface area (Å²) in [6.07, 6.45) is 0. The predicted molar refractivity (Wildman–Crippen MR) is 120 cm³/mol. The third kappa shape index (κ3) is 5.15. The summed E-state index contributed by atoms with van der Waals surface area (Å²) in [4.78, 5) is 19.4. The zero-order valence-electron chi connectivity index (χ0n) is 16.7. The molecule has 0 fully saturated rings. The first kappa shape index (κ1) is 21.3. The van der Waals surface area contributed by atoms with Crippen molar-refractivity contribution in [1.29, 1.82) is 0 Å². The second-order valence-corrected chi connectivity index (χ2v) is 7.91. The van der Waals surface area contributed by atoms with Gasteiger partial charge < -0.3 is 15.0 Å². The molecule has 1 unspecified atom stereocenters. The Hall–Kier alpha value is -2.41. The summed E-state index contributed by atoms with van der Waals surface area (Å²) in [5.74, 6) is -0.117. The van der Waals surface area contributed by atoms with Crippen LogP contribution in [-0.2, 0) is 9.53 Å². The number of carbonyl (C=O) groups is 1. The molecule has 152 valence electrons. The van der Waals surface area contributed by atoms with Gasteiger partial charge in [-0.3, -0.25) is 4.79 Å². The first-order valence-electron chi connectivity index (χ1n) is 9.34. The molecule has 0 aliphatic rings. The largest absolute Gasteiger partial charge is 0.383 e. The maximum absolute atomic E-state index is 12.8. The van der Waals surface area contributed by atoms with Gasteiger partial charge in [0.2, 0.25) is 5.91 Å². The normalized spacial score (nSPS) is 11.9. The molecule has 3 aromatic rings. The Morgan fingerprint density at radius 3 is 2.66 bits per heavy atom. The van der Waals surface area contributed by atoms with E-state index in [0.717, 1.165) is 16.9 Å². The number of carbonyl (C=O) groups excluding carboxylic acids is 1. The van der Waals surface area contributed by atoms with Crippen molar-refractivity contribution >= 4 is 39.7 Å². The molecule has 2 aromatic carbocycles. The lowest BCUT2D eigenvalue weighted by Crippen LogP contribution is -2.44.